The second-order valence-electron chi connectivity index (χ2n) is 4.55. The van der Waals surface area contributed by atoms with Gasteiger partial charge in [-0.3, -0.25) is 4.79 Å². The zero-order valence-corrected chi connectivity index (χ0v) is 11.9. The van der Waals surface area contributed by atoms with Crippen LogP contribution in [0.4, 0.5) is 0 Å². The van der Waals surface area contributed by atoms with Crippen LogP contribution in [0, 0.1) is 0 Å². The van der Waals surface area contributed by atoms with Crippen molar-refractivity contribution in [1.82, 2.24) is 0 Å². The van der Waals surface area contributed by atoms with Crippen molar-refractivity contribution in [3.8, 4) is 5.75 Å². The third kappa shape index (κ3) is 2.53. The van der Waals surface area contributed by atoms with Crippen molar-refractivity contribution in [2.24, 2.45) is 0 Å². The van der Waals surface area contributed by atoms with Gasteiger partial charge < -0.3 is 4.74 Å². The third-order valence-corrected chi connectivity index (χ3v) is 4.29. The van der Waals surface area contributed by atoms with Crippen LogP contribution < -0.4 is 4.74 Å². The van der Waals surface area contributed by atoms with E-state index in [-0.39, 0.29) is 5.78 Å². The van der Waals surface area contributed by atoms with Crippen molar-refractivity contribution in [3.05, 3.63) is 50.7 Å². The molecule has 19 heavy (non-hydrogen) atoms. The molecule has 2 heterocycles. The van der Waals surface area contributed by atoms with E-state index in [1.54, 1.807) is 6.07 Å². The van der Waals surface area contributed by atoms with Crippen molar-refractivity contribution >= 4 is 28.7 Å². The van der Waals surface area contributed by atoms with Gasteiger partial charge in [0.2, 0.25) is 5.78 Å². The lowest BCUT2D eigenvalue weighted by Crippen LogP contribution is -2.05. The number of aryl methyl sites for hydroxylation is 1. The number of hydrogen-bond acceptors (Lipinski definition) is 3. The first-order valence-corrected chi connectivity index (χ1v) is 7.55. The fourth-order valence-corrected chi connectivity index (χ4v) is 3.23. The van der Waals surface area contributed by atoms with Crippen LogP contribution in [0.1, 0.15) is 33.6 Å². The molecule has 98 valence electrons. The van der Waals surface area contributed by atoms with Crippen LogP contribution in [0.3, 0.4) is 0 Å². The summed E-state index contributed by atoms with van der Waals surface area (Å²) in [7, 11) is 0. The molecule has 0 aliphatic carbocycles. The van der Waals surface area contributed by atoms with Gasteiger partial charge in [0.15, 0.2) is 0 Å². The number of ketones is 1. The van der Waals surface area contributed by atoms with E-state index in [4.69, 9.17) is 16.3 Å². The molecule has 0 N–H and O–H groups in total. The highest BCUT2D eigenvalue weighted by Gasteiger charge is 2.21. The third-order valence-electron chi connectivity index (χ3n) is 3.21. The Kier molecular flexibility index (Phi) is 3.58. The van der Waals surface area contributed by atoms with E-state index in [0.29, 0.717) is 17.2 Å². The second kappa shape index (κ2) is 5.35. The summed E-state index contributed by atoms with van der Waals surface area (Å²) in [5.41, 5.74) is 1.64. The maximum atomic E-state index is 12.5. The van der Waals surface area contributed by atoms with E-state index in [2.05, 4.69) is 0 Å². The topological polar surface area (TPSA) is 26.3 Å². The Bertz CT molecular complexity index is 605. The monoisotopic (exact) mass is 292 g/mol. The van der Waals surface area contributed by atoms with E-state index in [1.165, 1.54) is 11.3 Å². The van der Waals surface area contributed by atoms with Gasteiger partial charge in [0, 0.05) is 5.02 Å². The molecule has 1 aromatic heterocycles. The van der Waals surface area contributed by atoms with Gasteiger partial charge in [0.1, 0.15) is 5.75 Å². The largest absolute Gasteiger partial charge is 0.493 e. The Balaban J connectivity index is 2.10. The molecule has 0 unspecified atom stereocenters. The predicted molar refractivity (Wildman–Crippen MR) is 77.6 cm³/mol. The summed E-state index contributed by atoms with van der Waals surface area (Å²) in [5, 5.41) is 2.50. The summed E-state index contributed by atoms with van der Waals surface area (Å²) < 4.78 is 5.78. The minimum absolute atomic E-state index is 0.00403. The molecular weight excluding hydrogens is 280 g/mol. The molecule has 0 fully saturated rings. The number of ether oxygens (including phenoxy) is 1. The molecule has 0 saturated heterocycles. The first-order chi connectivity index (χ1) is 9.25. The van der Waals surface area contributed by atoms with Gasteiger partial charge >= 0.3 is 0 Å². The SMILES string of the molecule is O=C(c1cccs1)c1cc(Cl)cc2c1OCCCC2. The van der Waals surface area contributed by atoms with Gasteiger partial charge in [-0.15, -0.1) is 11.3 Å². The van der Waals surface area contributed by atoms with Gasteiger partial charge in [-0.1, -0.05) is 17.7 Å². The van der Waals surface area contributed by atoms with Gasteiger partial charge in [0.25, 0.3) is 0 Å². The van der Waals surface area contributed by atoms with E-state index in [9.17, 15) is 4.79 Å². The maximum Gasteiger partial charge on any atom is 0.206 e. The van der Waals surface area contributed by atoms with Crippen LogP contribution in [0.5, 0.6) is 5.75 Å². The van der Waals surface area contributed by atoms with Gasteiger partial charge in [-0.2, -0.15) is 0 Å². The standard InChI is InChI=1S/C15H13ClO2S/c16-11-8-10-4-1-2-6-18-15(10)12(9-11)14(17)13-5-3-7-19-13/h3,5,7-9H,1-2,4,6H2. The van der Waals surface area contributed by atoms with E-state index >= 15 is 0 Å². The molecule has 2 nitrogen and oxygen atoms in total. The summed E-state index contributed by atoms with van der Waals surface area (Å²) in [6.45, 7) is 0.666. The molecule has 0 amide bonds. The molecule has 2 aromatic rings. The summed E-state index contributed by atoms with van der Waals surface area (Å²) in [5.74, 6) is 0.718. The Morgan fingerprint density at radius 2 is 2.21 bits per heavy atom. The van der Waals surface area contributed by atoms with Crippen molar-refractivity contribution in [1.29, 1.82) is 0 Å². The van der Waals surface area contributed by atoms with Crippen LogP contribution in [0.2, 0.25) is 5.02 Å². The summed E-state index contributed by atoms with van der Waals surface area (Å²) >= 11 is 7.58. The number of fused-ring (bicyclic) bond motifs is 1. The molecule has 4 heteroatoms. The molecular formula is C15H13ClO2S. The fraction of sp³-hybridized carbons (Fsp3) is 0.267. The Morgan fingerprint density at radius 3 is 3.00 bits per heavy atom. The first-order valence-electron chi connectivity index (χ1n) is 6.29. The zero-order valence-electron chi connectivity index (χ0n) is 10.3. The minimum Gasteiger partial charge on any atom is -0.493 e. The lowest BCUT2D eigenvalue weighted by atomic mass is 10.0. The fourth-order valence-electron chi connectivity index (χ4n) is 2.31. The van der Waals surface area contributed by atoms with Gasteiger partial charge in [-0.05, 0) is 48.4 Å². The van der Waals surface area contributed by atoms with Crippen molar-refractivity contribution in [3.63, 3.8) is 0 Å². The van der Waals surface area contributed by atoms with Crippen LogP contribution in [0.25, 0.3) is 0 Å². The summed E-state index contributed by atoms with van der Waals surface area (Å²) in [6, 6.07) is 7.33. The number of halogens is 1. The number of benzene rings is 1. The second-order valence-corrected chi connectivity index (χ2v) is 5.94. The molecule has 0 saturated carbocycles. The molecule has 0 atom stereocenters. The van der Waals surface area contributed by atoms with Crippen molar-refractivity contribution in [2.75, 3.05) is 6.61 Å². The van der Waals surface area contributed by atoms with Crippen LogP contribution >= 0.6 is 22.9 Å². The number of rotatable bonds is 2. The molecule has 0 spiro atoms. The average Bonchev–Trinajstić information content (AvgIpc) is 2.83. The van der Waals surface area contributed by atoms with E-state index in [0.717, 1.165) is 35.5 Å². The summed E-state index contributed by atoms with van der Waals surface area (Å²) in [6.07, 6.45) is 3.00. The molecule has 0 radical (unpaired) electrons. The highest BCUT2D eigenvalue weighted by atomic mass is 35.5. The highest BCUT2D eigenvalue weighted by molar-refractivity contribution is 7.12. The van der Waals surface area contributed by atoms with Gasteiger partial charge in [-0.25, -0.2) is 0 Å². The predicted octanol–water partition coefficient (Wildman–Crippen LogP) is 4.35. The van der Waals surface area contributed by atoms with Crippen molar-refractivity contribution in [2.45, 2.75) is 19.3 Å². The van der Waals surface area contributed by atoms with E-state index in [1.807, 2.05) is 23.6 Å². The molecule has 1 aliphatic heterocycles. The number of carbonyl (C=O) groups is 1. The molecule has 1 aromatic carbocycles. The smallest absolute Gasteiger partial charge is 0.206 e. The van der Waals surface area contributed by atoms with Crippen molar-refractivity contribution < 1.29 is 9.53 Å². The lowest BCUT2D eigenvalue weighted by molar-refractivity contribution is 0.103. The highest BCUT2D eigenvalue weighted by Crippen LogP contribution is 2.33. The quantitative estimate of drug-likeness (QED) is 0.769. The number of hydrogen-bond donors (Lipinski definition) is 0. The normalized spacial score (nSPS) is 14.4. The molecule has 0 bridgehead atoms. The molecule has 3 rings (SSSR count). The Morgan fingerprint density at radius 1 is 1.32 bits per heavy atom. The maximum absolute atomic E-state index is 12.5. The van der Waals surface area contributed by atoms with Crippen LogP contribution in [-0.4, -0.2) is 12.4 Å². The van der Waals surface area contributed by atoms with Crippen LogP contribution in [0.15, 0.2) is 29.6 Å². The summed E-state index contributed by atoms with van der Waals surface area (Å²) in [4.78, 5) is 13.2. The first kappa shape index (κ1) is 12.7. The number of carbonyl (C=O) groups excluding carboxylic acids is 1. The Labute approximate surface area is 121 Å². The zero-order chi connectivity index (χ0) is 13.2. The molecule has 1 aliphatic rings. The minimum atomic E-state index is -0.00403. The Hall–Kier alpha value is -1.32. The van der Waals surface area contributed by atoms with Gasteiger partial charge in [0.05, 0.1) is 17.0 Å². The van der Waals surface area contributed by atoms with E-state index < -0.39 is 0 Å². The average molecular weight is 293 g/mol. The van der Waals surface area contributed by atoms with Crippen LogP contribution in [-0.2, 0) is 6.42 Å². The number of thiophene rings is 1. The lowest BCUT2D eigenvalue weighted by Gasteiger charge is -2.12.